The highest BCUT2D eigenvalue weighted by Crippen LogP contribution is 2.27. The van der Waals surface area contributed by atoms with Gasteiger partial charge in [0.1, 0.15) is 11.8 Å². The molecule has 144 valence electrons. The van der Waals surface area contributed by atoms with Gasteiger partial charge < -0.3 is 5.32 Å². The zero-order valence-electron chi connectivity index (χ0n) is 15.2. The molecule has 1 N–H and O–H groups in total. The molecular weight excluding hydrogens is 378 g/mol. The van der Waals surface area contributed by atoms with Gasteiger partial charge in [-0.15, -0.1) is 0 Å². The molecule has 1 amide bonds. The first-order valence-electron chi connectivity index (χ1n) is 8.65. The number of rotatable bonds is 4. The normalized spacial score (nSPS) is 12.4. The smallest absolute Gasteiger partial charge is 0.321 e. The third kappa shape index (κ3) is 3.48. The van der Waals surface area contributed by atoms with Crippen molar-refractivity contribution in [2.75, 3.05) is 5.32 Å². The Morgan fingerprint density at radius 1 is 1.31 bits per heavy atom. The fourth-order valence-electron chi connectivity index (χ4n) is 3.14. The number of hydrogen-bond donors (Lipinski definition) is 1. The minimum atomic E-state index is -2.72. The standard InChI is InChI=1S/C20H14F2N6O/c1-11-4-12(6-23)7-24-17(11)19(29)27-15-3-2-13-8-25-18(16(13)5-15)14-9-26-28(10-14)20(21)22/h2-5,7,9-10,20H,8H2,1H3,(H,27,29). The zero-order valence-corrected chi connectivity index (χ0v) is 15.2. The summed E-state index contributed by atoms with van der Waals surface area (Å²) >= 11 is 0. The van der Waals surface area contributed by atoms with Gasteiger partial charge in [-0.05, 0) is 36.2 Å². The molecule has 0 fully saturated rings. The van der Waals surface area contributed by atoms with Crippen LogP contribution in [0, 0.1) is 18.3 Å². The van der Waals surface area contributed by atoms with Gasteiger partial charge in [-0.2, -0.15) is 19.1 Å². The van der Waals surface area contributed by atoms with Crippen LogP contribution in [0.1, 0.15) is 44.9 Å². The number of nitrogens with zero attached hydrogens (tertiary/aromatic N) is 5. The lowest BCUT2D eigenvalue weighted by Gasteiger charge is -2.09. The van der Waals surface area contributed by atoms with E-state index in [0.29, 0.717) is 39.3 Å². The molecule has 0 bridgehead atoms. The predicted octanol–water partition coefficient (Wildman–Crippen LogP) is 3.46. The van der Waals surface area contributed by atoms with Crippen LogP contribution in [-0.2, 0) is 6.54 Å². The Labute approximate surface area is 164 Å². The molecule has 0 saturated carbocycles. The van der Waals surface area contributed by atoms with E-state index in [1.54, 1.807) is 25.1 Å². The Kier molecular flexibility index (Phi) is 4.60. The fraction of sp³-hybridized carbons (Fsp3) is 0.150. The third-order valence-corrected chi connectivity index (χ3v) is 4.53. The summed E-state index contributed by atoms with van der Waals surface area (Å²) in [6, 6.07) is 8.90. The molecule has 7 nitrogen and oxygen atoms in total. The van der Waals surface area contributed by atoms with E-state index in [2.05, 4.69) is 20.4 Å². The molecule has 29 heavy (non-hydrogen) atoms. The minimum Gasteiger partial charge on any atom is -0.321 e. The Morgan fingerprint density at radius 2 is 2.14 bits per heavy atom. The molecule has 1 aromatic carbocycles. The van der Waals surface area contributed by atoms with Crippen LogP contribution in [0.5, 0.6) is 0 Å². The first kappa shape index (κ1) is 18.4. The van der Waals surface area contributed by atoms with Gasteiger partial charge in [-0.1, -0.05) is 6.07 Å². The van der Waals surface area contributed by atoms with Crippen molar-refractivity contribution in [2.24, 2.45) is 4.99 Å². The summed E-state index contributed by atoms with van der Waals surface area (Å²) in [7, 11) is 0. The van der Waals surface area contributed by atoms with Crippen LogP contribution >= 0.6 is 0 Å². The Morgan fingerprint density at radius 3 is 2.83 bits per heavy atom. The van der Waals surface area contributed by atoms with Crippen molar-refractivity contribution in [1.29, 1.82) is 5.26 Å². The summed E-state index contributed by atoms with van der Waals surface area (Å²) in [4.78, 5) is 21.1. The van der Waals surface area contributed by atoms with E-state index in [9.17, 15) is 13.6 Å². The third-order valence-electron chi connectivity index (χ3n) is 4.53. The number of benzene rings is 1. The van der Waals surface area contributed by atoms with Crippen molar-refractivity contribution in [3.63, 3.8) is 0 Å². The maximum Gasteiger partial charge on any atom is 0.333 e. The molecule has 1 aliphatic rings. The highest BCUT2D eigenvalue weighted by molar-refractivity contribution is 6.15. The number of anilines is 1. The van der Waals surface area contributed by atoms with Crippen LogP contribution in [-0.4, -0.2) is 26.4 Å². The maximum atomic E-state index is 12.8. The van der Waals surface area contributed by atoms with Crippen molar-refractivity contribution in [3.8, 4) is 6.07 Å². The van der Waals surface area contributed by atoms with E-state index in [1.807, 2.05) is 12.1 Å². The summed E-state index contributed by atoms with van der Waals surface area (Å²) in [6.45, 7) is -0.592. The number of nitriles is 1. The van der Waals surface area contributed by atoms with Gasteiger partial charge in [0.15, 0.2) is 0 Å². The lowest BCUT2D eigenvalue weighted by atomic mass is 10.0. The van der Waals surface area contributed by atoms with E-state index in [1.165, 1.54) is 18.6 Å². The topological polar surface area (TPSA) is 96.0 Å². The van der Waals surface area contributed by atoms with E-state index >= 15 is 0 Å². The summed E-state index contributed by atoms with van der Waals surface area (Å²) in [5.74, 6) is -0.408. The van der Waals surface area contributed by atoms with Gasteiger partial charge in [0.2, 0.25) is 0 Å². The highest BCUT2D eigenvalue weighted by Gasteiger charge is 2.21. The van der Waals surface area contributed by atoms with Crippen LogP contribution in [0.3, 0.4) is 0 Å². The lowest BCUT2D eigenvalue weighted by molar-refractivity contribution is 0.0566. The quantitative estimate of drug-likeness (QED) is 0.735. The van der Waals surface area contributed by atoms with Crippen LogP contribution in [0.2, 0.25) is 0 Å². The van der Waals surface area contributed by atoms with Crippen molar-refractivity contribution >= 4 is 17.3 Å². The van der Waals surface area contributed by atoms with Gasteiger partial charge in [-0.25, -0.2) is 9.67 Å². The number of carbonyl (C=O) groups is 1. The van der Waals surface area contributed by atoms with Gasteiger partial charge in [-0.3, -0.25) is 9.79 Å². The second-order valence-electron chi connectivity index (χ2n) is 6.48. The van der Waals surface area contributed by atoms with Crippen molar-refractivity contribution in [3.05, 3.63) is 76.4 Å². The molecule has 0 saturated heterocycles. The first-order valence-corrected chi connectivity index (χ1v) is 8.65. The average Bonchev–Trinajstić information content (AvgIpc) is 3.34. The molecule has 0 unspecified atom stereocenters. The molecule has 9 heteroatoms. The highest BCUT2D eigenvalue weighted by atomic mass is 19.3. The number of fused-ring (bicyclic) bond motifs is 1. The van der Waals surface area contributed by atoms with Crippen LogP contribution in [0.15, 0.2) is 47.8 Å². The predicted molar refractivity (Wildman–Crippen MR) is 101 cm³/mol. The Bertz CT molecular complexity index is 1190. The summed E-state index contributed by atoms with van der Waals surface area (Å²) < 4.78 is 26.2. The number of pyridine rings is 1. The maximum absolute atomic E-state index is 12.8. The van der Waals surface area contributed by atoms with E-state index in [0.717, 1.165) is 11.1 Å². The monoisotopic (exact) mass is 392 g/mol. The largest absolute Gasteiger partial charge is 0.333 e. The summed E-state index contributed by atoms with van der Waals surface area (Å²) in [5.41, 5.74) is 4.42. The van der Waals surface area contributed by atoms with Crippen molar-refractivity contribution in [2.45, 2.75) is 20.0 Å². The number of aromatic nitrogens is 3. The molecule has 0 aliphatic carbocycles. The first-order chi connectivity index (χ1) is 14.0. The van der Waals surface area contributed by atoms with Crippen LogP contribution in [0.4, 0.5) is 14.5 Å². The Balaban J connectivity index is 1.59. The zero-order chi connectivity index (χ0) is 20.5. The molecule has 2 aromatic heterocycles. The van der Waals surface area contributed by atoms with Gasteiger partial charge in [0, 0.05) is 29.2 Å². The number of hydrogen-bond acceptors (Lipinski definition) is 5. The number of amides is 1. The van der Waals surface area contributed by atoms with Gasteiger partial charge in [0.05, 0.1) is 24.0 Å². The SMILES string of the molecule is Cc1cc(C#N)cnc1C(=O)Nc1ccc2c(c1)C(c1cnn(C(F)F)c1)=NC2. The number of aryl methyl sites for hydroxylation is 1. The minimum absolute atomic E-state index is 0.219. The number of nitrogens with one attached hydrogen (secondary N) is 1. The Hall–Kier alpha value is -3.93. The molecule has 3 heterocycles. The number of aliphatic imine (C=N–C) groups is 1. The summed E-state index contributed by atoms with van der Waals surface area (Å²) in [6.07, 6.45) is 3.93. The van der Waals surface area contributed by atoms with Crippen molar-refractivity contribution < 1.29 is 13.6 Å². The molecule has 0 atom stereocenters. The molecule has 1 aliphatic heterocycles. The lowest BCUT2D eigenvalue weighted by Crippen LogP contribution is -2.16. The molecule has 0 spiro atoms. The van der Waals surface area contributed by atoms with Crippen molar-refractivity contribution in [1.82, 2.24) is 14.8 Å². The van der Waals surface area contributed by atoms with E-state index in [4.69, 9.17) is 5.26 Å². The second kappa shape index (κ2) is 7.24. The number of carbonyl (C=O) groups excluding carboxylic acids is 1. The molecule has 3 aromatic rings. The average molecular weight is 392 g/mol. The van der Waals surface area contributed by atoms with Gasteiger partial charge in [0.25, 0.3) is 5.91 Å². The second-order valence-corrected chi connectivity index (χ2v) is 6.48. The number of alkyl halides is 2. The van der Waals surface area contributed by atoms with E-state index < -0.39 is 12.5 Å². The number of halogens is 2. The van der Waals surface area contributed by atoms with Crippen LogP contribution in [0.25, 0.3) is 0 Å². The van der Waals surface area contributed by atoms with Crippen LogP contribution < -0.4 is 5.32 Å². The molecule has 4 rings (SSSR count). The fourth-order valence-corrected chi connectivity index (χ4v) is 3.14. The van der Waals surface area contributed by atoms with Gasteiger partial charge >= 0.3 is 6.55 Å². The summed E-state index contributed by atoms with van der Waals surface area (Å²) in [5, 5.41) is 15.4. The molecule has 0 radical (unpaired) electrons. The molecular formula is C20H14F2N6O. The van der Waals surface area contributed by atoms with E-state index in [-0.39, 0.29) is 5.69 Å².